The highest BCUT2D eigenvalue weighted by molar-refractivity contribution is 5.29. The van der Waals surface area contributed by atoms with Crippen molar-refractivity contribution in [1.82, 2.24) is 10.2 Å². The number of aryl methyl sites for hydroxylation is 1. The van der Waals surface area contributed by atoms with Crippen molar-refractivity contribution in [1.29, 1.82) is 0 Å². The van der Waals surface area contributed by atoms with Gasteiger partial charge in [-0.25, -0.2) is 0 Å². The molecule has 1 saturated heterocycles. The molecular formula is C21H28Cl2N2O2-2. The van der Waals surface area contributed by atoms with E-state index >= 15 is 0 Å². The quantitative estimate of drug-likeness (QED) is 0.470. The van der Waals surface area contributed by atoms with Crippen molar-refractivity contribution >= 4 is 0 Å². The van der Waals surface area contributed by atoms with Gasteiger partial charge in [0.2, 0.25) is 0 Å². The molecule has 0 radical (unpaired) electrons. The van der Waals surface area contributed by atoms with Crippen molar-refractivity contribution in [2.24, 2.45) is 0 Å². The molecule has 1 N–H and O–H groups in total. The molecule has 0 bridgehead atoms. The first-order valence-corrected chi connectivity index (χ1v) is 9.08. The lowest BCUT2D eigenvalue weighted by Crippen LogP contribution is -3.00. The molecule has 0 amide bonds. The maximum Gasteiger partial charge on any atom is 0.120 e. The summed E-state index contributed by atoms with van der Waals surface area (Å²) in [6, 6.07) is 16.8. The number of ether oxygens (including phenoxy) is 2. The average molecular weight is 411 g/mol. The van der Waals surface area contributed by atoms with Gasteiger partial charge in [0.15, 0.2) is 0 Å². The average Bonchev–Trinajstić information content (AvgIpc) is 2.66. The molecule has 6 heteroatoms. The van der Waals surface area contributed by atoms with Gasteiger partial charge in [-0.3, -0.25) is 4.90 Å². The lowest BCUT2D eigenvalue weighted by atomic mass is 10.2. The number of hydrogen-bond acceptors (Lipinski definition) is 4. The lowest BCUT2D eigenvalue weighted by molar-refractivity contribution is -0.00100. The largest absolute Gasteiger partial charge is 1.00 e. The zero-order valence-electron chi connectivity index (χ0n) is 15.8. The Morgan fingerprint density at radius 2 is 1.74 bits per heavy atom. The van der Waals surface area contributed by atoms with Gasteiger partial charge in [-0.15, -0.1) is 0 Å². The molecule has 150 valence electrons. The maximum atomic E-state index is 5.92. The number of halogens is 2. The first kappa shape index (κ1) is 23.7. The molecule has 2 aromatic carbocycles. The standard InChI is InChI=1S/C21H28N2O2.2ClH/c1-18-5-7-19(8-6-18)17-25-21-4-2-3-20(15-21)16-22-9-10-23-11-13-24-14-12-23;;/h2-8,15,22H,9-14,16-17H2,1H3;2*1H/p-2. The van der Waals surface area contributed by atoms with E-state index in [-0.39, 0.29) is 24.8 Å². The van der Waals surface area contributed by atoms with Gasteiger partial charge in [0.1, 0.15) is 12.4 Å². The Morgan fingerprint density at radius 3 is 2.48 bits per heavy atom. The third kappa shape index (κ3) is 8.50. The normalized spacial score (nSPS) is 14.1. The highest BCUT2D eigenvalue weighted by Crippen LogP contribution is 2.15. The Balaban J connectivity index is 0.00000182. The molecular weight excluding hydrogens is 383 g/mol. The number of hydrogen-bond donors (Lipinski definition) is 1. The number of benzene rings is 2. The van der Waals surface area contributed by atoms with Crippen LogP contribution in [0.1, 0.15) is 16.7 Å². The molecule has 0 spiro atoms. The summed E-state index contributed by atoms with van der Waals surface area (Å²) in [6.07, 6.45) is 0. The number of rotatable bonds is 8. The second-order valence-electron chi connectivity index (χ2n) is 6.55. The molecule has 1 fully saturated rings. The van der Waals surface area contributed by atoms with Crippen LogP contribution in [0.5, 0.6) is 5.75 Å². The molecule has 1 aliphatic rings. The Morgan fingerprint density at radius 1 is 1.00 bits per heavy atom. The van der Waals surface area contributed by atoms with E-state index in [1.165, 1.54) is 16.7 Å². The fourth-order valence-corrected chi connectivity index (χ4v) is 2.89. The first-order chi connectivity index (χ1) is 12.3. The SMILES string of the molecule is Cc1ccc(COc2cccc(CNCCN3CCOCC3)c2)cc1.[Cl-].[Cl-]. The molecule has 4 nitrogen and oxygen atoms in total. The van der Waals surface area contributed by atoms with E-state index in [0.717, 1.165) is 51.7 Å². The topological polar surface area (TPSA) is 33.7 Å². The van der Waals surface area contributed by atoms with Crippen LogP contribution in [0.15, 0.2) is 48.5 Å². The monoisotopic (exact) mass is 410 g/mol. The molecule has 0 atom stereocenters. The van der Waals surface area contributed by atoms with Crippen LogP contribution in [0.25, 0.3) is 0 Å². The molecule has 0 saturated carbocycles. The van der Waals surface area contributed by atoms with Crippen molar-refractivity contribution in [2.75, 3.05) is 39.4 Å². The second kappa shape index (κ2) is 13.0. The van der Waals surface area contributed by atoms with Crippen molar-refractivity contribution in [3.05, 3.63) is 65.2 Å². The van der Waals surface area contributed by atoms with E-state index in [2.05, 4.69) is 59.6 Å². The van der Waals surface area contributed by atoms with E-state index in [0.29, 0.717) is 6.61 Å². The molecule has 1 aliphatic heterocycles. The van der Waals surface area contributed by atoms with Gasteiger partial charge in [0, 0.05) is 32.7 Å². The summed E-state index contributed by atoms with van der Waals surface area (Å²) in [7, 11) is 0. The predicted octanol–water partition coefficient (Wildman–Crippen LogP) is -3.00. The zero-order valence-corrected chi connectivity index (χ0v) is 17.3. The van der Waals surface area contributed by atoms with Crippen LogP contribution in [0, 0.1) is 6.92 Å². The van der Waals surface area contributed by atoms with Crippen molar-refractivity contribution in [2.45, 2.75) is 20.1 Å². The highest BCUT2D eigenvalue weighted by atomic mass is 35.5. The summed E-state index contributed by atoms with van der Waals surface area (Å²) in [4.78, 5) is 2.44. The molecule has 0 aromatic heterocycles. The zero-order chi connectivity index (χ0) is 17.3. The van der Waals surface area contributed by atoms with Crippen LogP contribution in [0.4, 0.5) is 0 Å². The summed E-state index contributed by atoms with van der Waals surface area (Å²) in [5.74, 6) is 0.924. The van der Waals surface area contributed by atoms with E-state index in [9.17, 15) is 0 Å². The minimum atomic E-state index is 0. The third-order valence-electron chi connectivity index (χ3n) is 4.46. The summed E-state index contributed by atoms with van der Waals surface area (Å²) in [5, 5.41) is 3.52. The highest BCUT2D eigenvalue weighted by Gasteiger charge is 2.08. The predicted molar refractivity (Wildman–Crippen MR) is 101 cm³/mol. The van der Waals surface area contributed by atoms with Crippen LogP contribution in [-0.2, 0) is 17.9 Å². The Kier molecular flexibility index (Phi) is 11.4. The second-order valence-corrected chi connectivity index (χ2v) is 6.55. The minimum absolute atomic E-state index is 0. The summed E-state index contributed by atoms with van der Waals surface area (Å²) < 4.78 is 11.3. The summed E-state index contributed by atoms with van der Waals surface area (Å²) >= 11 is 0. The number of nitrogens with zero attached hydrogens (tertiary/aromatic N) is 1. The summed E-state index contributed by atoms with van der Waals surface area (Å²) in [5.41, 5.74) is 3.72. The first-order valence-electron chi connectivity index (χ1n) is 9.08. The molecule has 2 aromatic rings. The van der Waals surface area contributed by atoms with E-state index in [1.54, 1.807) is 0 Å². The van der Waals surface area contributed by atoms with Gasteiger partial charge < -0.3 is 39.6 Å². The molecule has 0 unspecified atom stereocenters. The van der Waals surface area contributed by atoms with Gasteiger partial charge in [0.25, 0.3) is 0 Å². The Labute approximate surface area is 175 Å². The summed E-state index contributed by atoms with van der Waals surface area (Å²) in [6.45, 7) is 9.45. The van der Waals surface area contributed by atoms with Crippen LogP contribution in [0.2, 0.25) is 0 Å². The van der Waals surface area contributed by atoms with Gasteiger partial charge in [-0.05, 0) is 30.2 Å². The molecule has 1 heterocycles. The third-order valence-corrected chi connectivity index (χ3v) is 4.46. The fourth-order valence-electron chi connectivity index (χ4n) is 2.89. The van der Waals surface area contributed by atoms with Gasteiger partial charge in [0.05, 0.1) is 13.2 Å². The Hall–Kier alpha value is -1.30. The number of nitrogens with one attached hydrogen (secondary N) is 1. The maximum absolute atomic E-state index is 5.92. The van der Waals surface area contributed by atoms with Crippen LogP contribution in [-0.4, -0.2) is 44.3 Å². The van der Waals surface area contributed by atoms with Gasteiger partial charge in [-0.2, -0.15) is 0 Å². The fraction of sp³-hybridized carbons (Fsp3) is 0.429. The van der Waals surface area contributed by atoms with Crippen LogP contribution in [0.3, 0.4) is 0 Å². The van der Waals surface area contributed by atoms with Crippen molar-refractivity contribution in [3.8, 4) is 5.75 Å². The molecule has 27 heavy (non-hydrogen) atoms. The van der Waals surface area contributed by atoms with Crippen molar-refractivity contribution in [3.63, 3.8) is 0 Å². The van der Waals surface area contributed by atoms with Crippen LogP contribution >= 0.6 is 0 Å². The minimum Gasteiger partial charge on any atom is -1.00 e. The Bertz CT molecular complexity index is 647. The lowest BCUT2D eigenvalue weighted by Gasteiger charge is -2.26. The number of morpholine rings is 1. The smallest absolute Gasteiger partial charge is 0.120 e. The molecule has 3 rings (SSSR count). The van der Waals surface area contributed by atoms with Gasteiger partial charge in [-0.1, -0.05) is 42.0 Å². The van der Waals surface area contributed by atoms with E-state index in [4.69, 9.17) is 9.47 Å². The van der Waals surface area contributed by atoms with Crippen LogP contribution < -0.4 is 34.9 Å². The van der Waals surface area contributed by atoms with E-state index < -0.39 is 0 Å². The molecule has 0 aliphatic carbocycles. The van der Waals surface area contributed by atoms with Gasteiger partial charge >= 0.3 is 0 Å². The van der Waals surface area contributed by atoms with E-state index in [1.807, 2.05) is 6.07 Å². The van der Waals surface area contributed by atoms with Crippen molar-refractivity contribution < 1.29 is 34.3 Å².